The molecule has 0 spiro atoms. The van der Waals surface area contributed by atoms with E-state index >= 15 is 0 Å². The van der Waals surface area contributed by atoms with Gasteiger partial charge in [-0.2, -0.15) is 11.3 Å². The minimum Gasteiger partial charge on any atom is -0.462 e. The third-order valence-electron chi connectivity index (χ3n) is 2.66. The van der Waals surface area contributed by atoms with Gasteiger partial charge in [0.05, 0.1) is 12.2 Å². The summed E-state index contributed by atoms with van der Waals surface area (Å²) in [5.74, 6) is -0.611. The van der Waals surface area contributed by atoms with Crippen molar-refractivity contribution in [2.75, 3.05) is 11.9 Å². The van der Waals surface area contributed by atoms with Gasteiger partial charge in [0.1, 0.15) is 0 Å². The molecule has 8 nitrogen and oxygen atoms in total. The predicted molar refractivity (Wildman–Crippen MR) is 93.0 cm³/mol. The third kappa shape index (κ3) is 6.85. The predicted octanol–water partition coefficient (Wildman–Crippen LogP) is 1.63. The van der Waals surface area contributed by atoms with Crippen molar-refractivity contribution in [2.45, 2.75) is 13.8 Å². The van der Waals surface area contributed by atoms with Crippen molar-refractivity contribution in [1.29, 1.82) is 0 Å². The van der Waals surface area contributed by atoms with Gasteiger partial charge in [-0.25, -0.2) is 4.79 Å². The first-order valence-electron chi connectivity index (χ1n) is 7.04. The number of amides is 1. The van der Waals surface area contributed by atoms with Gasteiger partial charge in [-0.1, -0.05) is 0 Å². The largest absolute Gasteiger partial charge is 0.462 e. The van der Waals surface area contributed by atoms with Gasteiger partial charge in [0.2, 0.25) is 0 Å². The van der Waals surface area contributed by atoms with Crippen molar-refractivity contribution < 1.29 is 31.3 Å². The van der Waals surface area contributed by atoms with E-state index in [4.69, 9.17) is 9.99 Å². The third-order valence-corrected chi connectivity index (χ3v) is 5.91. The van der Waals surface area contributed by atoms with E-state index in [9.17, 15) is 17.4 Å². The molecule has 1 aromatic carbocycles. The average molecular weight is 431 g/mol. The van der Waals surface area contributed by atoms with Crippen LogP contribution in [0.2, 0.25) is 0 Å². The maximum Gasteiger partial charge on any atom is 0.338 e. The zero-order valence-electron chi connectivity index (χ0n) is 13.5. The molecule has 0 bridgehead atoms. The van der Waals surface area contributed by atoms with E-state index in [1.54, 1.807) is 24.4 Å². The monoisotopic (exact) mass is 431 g/mol. The standard InChI is InChI=1S/C8H10AsNO5.C7H8O2S/c1-6(11)10-8-5-3-2-4-7(8)9(12,13)15-14;1-2-9-7(8)6-3-4-10-5-6/h2-5,14H,1H3,(H,10,11)(H,12,13);3-5H,2H2,1H3. The summed E-state index contributed by atoms with van der Waals surface area (Å²) >= 11 is -3.43. The summed E-state index contributed by atoms with van der Waals surface area (Å²) < 4.78 is 28.9. The van der Waals surface area contributed by atoms with E-state index in [2.05, 4.69) is 9.19 Å². The molecule has 0 aliphatic carbocycles. The van der Waals surface area contributed by atoms with Crippen LogP contribution in [0.15, 0.2) is 41.1 Å². The topological polar surface area (TPSA) is 122 Å². The van der Waals surface area contributed by atoms with Crippen LogP contribution in [0.4, 0.5) is 5.69 Å². The molecule has 2 rings (SSSR count). The average Bonchev–Trinajstić information content (AvgIpc) is 3.10. The first-order chi connectivity index (χ1) is 11.8. The molecule has 3 N–H and O–H groups in total. The fraction of sp³-hybridized carbons (Fsp3) is 0.200. The van der Waals surface area contributed by atoms with Gasteiger partial charge in [-0.15, -0.1) is 0 Å². The second kappa shape index (κ2) is 10.2. The number of rotatable bonds is 5. The number of hydrogen-bond donors (Lipinski definition) is 3. The molecule has 10 heteroatoms. The molecule has 0 radical (unpaired) electrons. The summed E-state index contributed by atoms with van der Waals surface area (Å²) in [6.07, 6.45) is 0. The Morgan fingerprint density at radius 1 is 1.28 bits per heavy atom. The minimum atomic E-state index is -4.92. The van der Waals surface area contributed by atoms with E-state index in [0.29, 0.717) is 12.2 Å². The molecule has 1 atom stereocenters. The molecule has 1 heterocycles. The molecule has 0 aliphatic heterocycles. The van der Waals surface area contributed by atoms with Crippen LogP contribution in [0, 0.1) is 0 Å². The van der Waals surface area contributed by atoms with E-state index in [1.165, 1.54) is 36.5 Å². The van der Waals surface area contributed by atoms with Crippen LogP contribution in [0.25, 0.3) is 0 Å². The van der Waals surface area contributed by atoms with Crippen molar-refractivity contribution in [2.24, 2.45) is 0 Å². The SMILES string of the molecule is CC(=O)Nc1ccccc1[As](=O)(O)OO.CCOC(=O)c1ccsc1. The number of nitrogens with one attached hydrogen (secondary N) is 1. The number of thiophene rings is 1. The fourth-order valence-electron chi connectivity index (χ4n) is 1.65. The fourth-order valence-corrected chi connectivity index (χ4v) is 3.95. The van der Waals surface area contributed by atoms with Crippen molar-refractivity contribution in [3.05, 3.63) is 46.7 Å². The molecule has 1 aromatic heterocycles. The molecule has 136 valence electrons. The second-order valence-corrected chi connectivity index (χ2v) is 8.85. The van der Waals surface area contributed by atoms with Gasteiger partial charge in [0.25, 0.3) is 0 Å². The Hall–Kier alpha value is -1.90. The summed E-state index contributed by atoms with van der Waals surface area (Å²) in [6.45, 7) is 3.50. The number of carbonyl (C=O) groups excluding carboxylic acids is 2. The Morgan fingerprint density at radius 3 is 2.48 bits per heavy atom. The number of carbonyl (C=O) groups is 2. The molecular formula is C15H18AsNO7S. The van der Waals surface area contributed by atoms with Gasteiger partial charge < -0.3 is 4.74 Å². The van der Waals surface area contributed by atoms with Crippen LogP contribution in [0.3, 0.4) is 0 Å². The van der Waals surface area contributed by atoms with Crippen molar-refractivity contribution >= 4 is 47.4 Å². The summed E-state index contributed by atoms with van der Waals surface area (Å²) in [5.41, 5.74) is 0.802. The number of anilines is 1. The van der Waals surface area contributed by atoms with Gasteiger partial charge in [-0.05, 0) is 18.4 Å². The molecule has 1 unspecified atom stereocenters. The van der Waals surface area contributed by atoms with Crippen LogP contribution < -0.4 is 9.67 Å². The Morgan fingerprint density at radius 2 is 1.96 bits per heavy atom. The van der Waals surface area contributed by atoms with Gasteiger partial charge in [0, 0.05) is 5.38 Å². The Labute approximate surface area is 151 Å². The zero-order chi connectivity index (χ0) is 18.9. The number of hydrogen-bond acceptors (Lipinski definition) is 7. The number of benzene rings is 1. The first kappa shape index (κ1) is 21.1. The minimum absolute atomic E-state index is 0.103. The molecule has 1 amide bonds. The van der Waals surface area contributed by atoms with Crippen LogP contribution in [-0.4, -0.2) is 42.0 Å². The maximum atomic E-state index is 11.4. The van der Waals surface area contributed by atoms with Crippen LogP contribution in [-0.2, 0) is 17.1 Å². The van der Waals surface area contributed by atoms with Gasteiger partial charge in [0.15, 0.2) is 0 Å². The first-order valence-corrected chi connectivity index (χ1v) is 11.3. The summed E-state index contributed by atoms with van der Waals surface area (Å²) in [4.78, 5) is 21.7. The summed E-state index contributed by atoms with van der Waals surface area (Å²) in [7, 11) is 0. The number of ether oxygens (including phenoxy) is 1. The molecule has 0 aliphatic rings. The van der Waals surface area contributed by atoms with Crippen molar-refractivity contribution in [3.63, 3.8) is 0 Å². The Balaban J connectivity index is 0.000000271. The van der Waals surface area contributed by atoms with E-state index in [1.807, 2.05) is 5.38 Å². The van der Waals surface area contributed by atoms with Crippen molar-refractivity contribution in [1.82, 2.24) is 0 Å². The smallest absolute Gasteiger partial charge is 0.338 e. The van der Waals surface area contributed by atoms with Crippen LogP contribution in [0.1, 0.15) is 24.2 Å². The van der Waals surface area contributed by atoms with E-state index in [0.717, 1.165) is 0 Å². The Kier molecular flexibility index (Phi) is 8.60. The second-order valence-electron chi connectivity index (χ2n) is 4.53. The molecule has 0 saturated heterocycles. The number of esters is 1. The molecule has 2 aromatic rings. The van der Waals surface area contributed by atoms with Crippen LogP contribution >= 0.6 is 11.3 Å². The Bertz CT molecular complexity index is 748. The number of para-hydroxylation sites is 1. The van der Waals surface area contributed by atoms with Gasteiger partial charge >= 0.3 is 94.4 Å². The van der Waals surface area contributed by atoms with E-state index in [-0.39, 0.29) is 21.9 Å². The molecule has 25 heavy (non-hydrogen) atoms. The van der Waals surface area contributed by atoms with Gasteiger partial charge in [-0.3, -0.25) is 0 Å². The quantitative estimate of drug-likeness (QED) is 0.285. The summed E-state index contributed by atoms with van der Waals surface area (Å²) in [5, 5.41) is 14.3. The molecular weight excluding hydrogens is 413 g/mol. The van der Waals surface area contributed by atoms with Crippen LogP contribution in [0.5, 0.6) is 0 Å². The normalized spacial score (nSPS) is 12.3. The summed E-state index contributed by atoms with van der Waals surface area (Å²) in [6, 6.07) is 7.59. The maximum absolute atomic E-state index is 11.4. The molecule has 0 saturated carbocycles. The van der Waals surface area contributed by atoms with Crippen molar-refractivity contribution in [3.8, 4) is 0 Å². The van der Waals surface area contributed by atoms with E-state index < -0.39 is 14.2 Å². The zero-order valence-corrected chi connectivity index (χ0v) is 16.2. The molecule has 0 fully saturated rings.